The number of benzene rings is 2. The van der Waals surface area contributed by atoms with Crippen LogP contribution in [0.25, 0.3) is 46.4 Å². The fraction of sp³-hybridized carbons (Fsp3) is 0.158. The Kier molecular flexibility index (Phi) is 8.51. The number of aromatic amines is 2. The summed E-state index contributed by atoms with van der Waals surface area (Å²) in [6.07, 6.45) is 6.61. The molecular weight excluding hydrogens is 620 g/mol. The zero-order valence-corrected chi connectivity index (χ0v) is 26.0. The summed E-state index contributed by atoms with van der Waals surface area (Å²) in [6.45, 7) is 3.43. The summed E-state index contributed by atoms with van der Waals surface area (Å²) in [6, 6.07) is 19.5. The SMILES string of the molecule is CC(OCc1cccc(F)c1F)c1cc2cc3[nH]c(cc4nc(cc5nc(cc1[nH]2)C=C5)C=C4)cc3C(C)OCc1cccc(F)c1F. The van der Waals surface area contributed by atoms with Crippen molar-refractivity contribution in [2.24, 2.45) is 0 Å². The summed E-state index contributed by atoms with van der Waals surface area (Å²) in [5.74, 6) is -3.73. The van der Waals surface area contributed by atoms with Crippen molar-refractivity contribution in [3.05, 3.63) is 141 Å². The standard InChI is InChI=1S/C38H30F4N4O2/c1-21(47-19-23-5-3-7-33(39)37(23)41)31-15-29-14-27-10-9-25(43-27)13-26-11-12-28(44-26)17-35-32(16-30(46-35)18-36(31)45-29)22(2)48-20-24-6-4-8-34(40)38(24)42/h3-18,21-22,45-46H,19-20H2,1-2H3. The fourth-order valence-electron chi connectivity index (χ4n) is 5.74. The van der Waals surface area contributed by atoms with Crippen LogP contribution in [-0.4, -0.2) is 19.9 Å². The van der Waals surface area contributed by atoms with Crippen LogP contribution in [-0.2, 0) is 22.7 Å². The predicted octanol–water partition coefficient (Wildman–Crippen LogP) is 9.77. The molecule has 2 unspecified atom stereocenters. The third kappa shape index (κ3) is 6.58. The summed E-state index contributed by atoms with van der Waals surface area (Å²) in [7, 11) is 0. The number of hydrogen-bond acceptors (Lipinski definition) is 4. The van der Waals surface area contributed by atoms with E-state index in [2.05, 4.69) is 9.97 Å². The van der Waals surface area contributed by atoms with Crippen LogP contribution in [0.2, 0.25) is 0 Å². The second-order valence-corrected chi connectivity index (χ2v) is 11.7. The highest BCUT2D eigenvalue weighted by Gasteiger charge is 2.17. The van der Waals surface area contributed by atoms with Gasteiger partial charge in [-0.1, -0.05) is 24.3 Å². The van der Waals surface area contributed by atoms with Gasteiger partial charge < -0.3 is 19.4 Å². The lowest BCUT2D eigenvalue weighted by Gasteiger charge is -2.13. The maximum atomic E-state index is 14.4. The molecule has 0 amide bonds. The van der Waals surface area contributed by atoms with Crippen molar-refractivity contribution >= 4 is 46.4 Å². The lowest BCUT2D eigenvalue weighted by atomic mass is 10.1. The normalized spacial score (nSPS) is 13.6. The van der Waals surface area contributed by atoms with E-state index in [0.717, 1.165) is 62.4 Å². The average molecular weight is 651 g/mol. The maximum Gasteiger partial charge on any atom is 0.164 e. The molecule has 2 atom stereocenters. The first kappa shape index (κ1) is 31.3. The van der Waals surface area contributed by atoms with Gasteiger partial charge in [0.2, 0.25) is 0 Å². The molecule has 0 saturated carbocycles. The van der Waals surface area contributed by atoms with Crippen molar-refractivity contribution in [3.63, 3.8) is 0 Å². The lowest BCUT2D eigenvalue weighted by Crippen LogP contribution is -2.02. The third-order valence-electron chi connectivity index (χ3n) is 8.28. The molecule has 0 radical (unpaired) electrons. The molecule has 2 aliphatic rings. The van der Waals surface area contributed by atoms with Crippen LogP contribution in [0.15, 0.2) is 72.8 Å². The Hall–Kier alpha value is -5.32. The van der Waals surface area contributed by atoms with E-state index in [1.54, 1.807) is 0 Å². The van der Waals surface area contributed by atoms with Crippen molar-refractivity contribution in [2.75, 3.05) is 0 Å². The molecule has 0 saturated heterocycles. The summed E-state index contributed by atoms with van der Waals surface area (Å²) in [5, 5.41) is 0. The highest BCUT2D eigenvalue weighted by atomic mass is 19.2. The second kappa shape index (κ2) is 13.1. The van der Waals surface area contributed by atoms with E-state index in [9.17, 15) is 17.6 Å². The smallest absolute Gasteiger partial charge is 0.164 e. The van der Waals surface area contributed by atoms with E-state index in [0.29, 0.717) is 5.69 Å². The summed E-state index contributed by atoms with van der Waals surface area (Å²) in [5.41, 5.74) is 7.69. The molecule has 2 N–H and O–H groups in total. The maximum absolute atomic E-state index is 14.4. The zero-order chi connectivity index (χ0) is 33.4. The molecule has 5 heterocycles. The molecule has 8 bridgehead atoms. The van der Waals surface area contributed by atoms with Crippen LogP contribution in [0.1, 0.15) is 71.1 Å². The average Bonchev–Trinajstić information content (AvgIpc) is 3.87. The highest BCUT2D eigenvalue weighted by molar-refractivity contribution is 5.79. The lowest BCUT2D eigenvalue weighted by molar-refractivity contribution is 0.0514. The minimum Gasteiger partial charge on any atom is -0.369 e. The number of fused-ring (bicyclic) bond motifs is 8. The highest BCUT2D eigenvalue weighted by Crippen LogP contribution is 2.30. The van der Waals surface area contributed by atoms with Gasteiger partial charge >= 0.3 is 0 Å². The van der Waals surface area contributed by atoms with Crippen LogP contribution >= 0.6 is 0 Å². The number of nitrogens with zero attached hydrogens (tertiary/aromatic N) is 2. The first-order valence-corrected chi connectivity index (χ1v) is 15.4. The van der Waals surface area contributed by atoms with Crippen molar-refractivity contribution in [1.29, 1.82) is 0 Å². The van der Waals surface area contributed by atoms with Gasteiger partial charge in [-0.2, -0.15) is 0 Å². The van der Waals surface area contributed by atoms with Gasteiger partial charge in [0.25, 0.3) is 0 Å². The summed E-state index contributed by atoms with van der Waals surface area (Å²) in [4.78, 5) is 16.3. The van der Waals surface area contributed by atoms with Gasteiger partial charge in [0, 0.05) is 44.3 Å². The van der Waals surface area contributed by atoms with Crippen LogP contribution in [0.5, 0.6) is 0 Å². The Labute approximate surface area is 273 Å². The van der Waals surface area contributed by atoms with Crippen molar-refractivity contribution in [3.8, 4) is 0 Å². The topological polar surface area (TPSA) is 75.8 Å². The molecule has 2 aromatic carbocycles. The molecular formula is C38H30F4N4O2. The Bertz CT molecular complexity index is 2260. The second-order valence-electron chi connectivity index (χ2n) is 11.7. The Balaban J connectivity index is 1.33. The fourth-order valence-corrected chi connectivity index (χ4v) is 5.74. The Morgan fingerprint density at radius 1 is 0.562 bits per heavy atom. The van der Waals surface area contributed by atoms with Crippen LogP contribution in [0.3, 0.4) is 0 Å². The number of hydrogen-bond donors (Lipinski definition) is 2. The number of ether oxygens (including phenoxy) is 2. The quantitative estimate of drug-likeness (QED) is 0.161. The first-order valence-electron chi connectivity index (χ1n) is 15.4. The van der Waals surface area contributed by atoms with E-state index in [1.165, 1.54) is 24.3 Å². The number of halogens is 4. The van der Waals surface area contributed by atoms with Crippen LogP contribution in [0, 0.1) is 23.3 Å². The molecule has 5 aromatic rings. The molecule has 2 aliphatic heterocycles. The summed E-state index contributed by atoms with van der Waals surface area (Å²) < 4.78 is 68.5. The van der Waals surface area contributed by atoms with Crippen LogP contribution in [0.4, 0.5) is 17.6 Å². The zero-order valence-electron chi connectivity index (χ0n) is 26.0. The number of rotatable bonds is 8. The molecule has 242 valence electrons. The predicted molar refractivity (Wildman–Crippen MR) is 178 cm³/mol. The Morgan fingerprint density at radius 3 is 1.52 bits per heavy atom. The van der Waals surface area contributed by atoms with E-state index < -0.39 is 35.5 Å². The van der Waals surface area contributed by atoms with E-state index in [1.807, 2.05) is 74.5 Å². The first-order chi connectivity index (χ1) is 23.2. The minimum atomic E-state index is -0.934. The van der Waals surface area contributed by atoms with Gasteiger partial charge in [-0.25, -0.2) is 27.5 Å². The van der Waals surface area contributed by atoms with E-state index in [4.69, 9.17) is 19.4 Å². The number of nitrogens with one attached hydrogen (secondary N) is 2. The molecule has 3 aromatic heterocycles. The van der Waals surface area contributed by atoms with Crippen LogP contribution < -0.4 is 0 Å². The van der Waals surface area contributed by atoms with Crippen molar-refractivity contribution < 1.29 is 27.0 Å². The minimum absolute atomic E-state index is 0.120. The molecule has 6 nitrogen and oxygen atoms in total. The van der Waals surface area contributed by atoms with Crippen molar-refractivity contribution in [1.82, 2.24) is 19.9 Å². The molecule has 48 heavy (non-hydrogen) atoms. The molecule has 0 spiro atoms. The Morgan fingerprint density at radius 2 is 1.00 bits per heavy atom. The molecule has 0 fully saturated rings. The number of aromatic nitrogens is 4. The number of H-pyrrole nitrogens is 2. The molecule has 0 aliphatic carbocycles. The van der Waals surface area contributed by atoms with Gasteiger partial charge in [-0.3, -0.25) is 0 Å². The third-order valence-corrected chi connectivity index (χ3v) is 8.28. The molecule has 10 heteroatoms. The summed E-state index contributed by atoms with van der Waals surface area (Å²) >= 11 is 0. The van der Waals surface area contributed by atoms with Gasteiger partial charge in [0.1, 0.15) is 0 Å². The van der Waals surface area contributed by atoms with E-state index >= 15 is 0 Å². The molecule has 7 rings (SSSR count). The van der Waals surface area contributed by atoms with Gasteiger partial charge in [-0.05, 0) is 86.7 Å². The van der Waals surface area contributed by atoms with Gasteiger partial charge in [0.15, 0.2) is 23.3 Å². The monoisotopic (exact) mass is 650 g/mol. The largest absolute Gasteiger partial charge is 0.369 e. The van der Waals surface area contributed by atoms with Gasteiger partial charge in [0.05, 0.1) is 48.2 Å². The van der Waals surface area contributed by atoms with Crippen molar-refractivity contribution in [2.45, 2.75) is 39.3 Å². The van der Waals surface area contributed by atoms with E-state index in [-0.39, 0.29) is 24.3 Å². The van der Waals surface area contributed by atoms with Gasteiger partial charge in [-0.15, -0.1) is 0 Å².